The Hall–Kier alpha value is -2.55. The molecule has 9 nitrogen and oxygen atoms in total. The lowest BCUT2D eigenvalue weighted by molar-refractivity contribution is -0.161. The van der Waals surface area contributed by atoms with Crippen LogP contribution < -0.4 is 5.73 Å². The molecular weight excluding hydrogens is 737 g/mol. The SMILES string of the molecule is CC/C=C\C/C=C\C/C=C\C/C=C\CCCCC(=O)OC(COC(=O)CCCCCCCCCCC/C=C\C/C=C\CCCCCCC)COP(=O)(O)OCCN. The summed E-state index contributed by atoms with van der Waals surface area (Å²) in [6, 6.07) is 0. The van der Waals surface area contributed by atoms with E-state index in [-0.39, 0.29) is 32.6 Å². The molecule has 0 aromatic heterocycles. The second-order valence-corrected chi connectivity index (χ2v) is 16.0. The number of hydrogen-bond acceptors (Lipinski definition) is 8. The van der Waals surface area contributed by atoms with Crippen LogP contribution in [0.1, 0.15) is 181 Å². The van der Waals surface area contributed by atoms with E-state index >= 15 is 0 Å². The second-order valence-electron chi connectivity index (χ2n) is 14.5. The summed E-state index contributed by atoms with van der Waals surface area (Å²) in [4.78, 5) is 34.9. The summed E-state index contributed by atoms with van der Waals surface area (Å²) >= 11 is 0. The van der Waals surface area contributed by atoms with Gasteiger partial charge in [0.05, 0.1) is 13.2 Å². The molecule has 0 saturated carbocycles. The number of hydrogen-bond donors (Lipinski definition) is 2. The maximum Gasteiger partial charge on any atom is 0.472 e. The van der Waals surface area contributed by atoms with Gasteiger partial charge in [0.25, 0.3) is 0 Å². The van der Waals surface area contributed by atoms with E-state index in [9.17, 15) is 19.0 Å². The number of nitrogens with two attached hydrogens (primary N) is 1. The molecular formula is C47H82NO8P. The molecule has 2 atom stereocenters. The smallest absolute Gasteiger partial charge is 0.462 e. The molecule has 0 amide bonds. The Labute approximate surface area is 348 Å². The largest absolute Gasteiger partial charge is 0.472 e. The third kappa shape index (κ3) is 42.9. The van der Waals surface area contributed by atoms with E-state index in [1.807, 2.05) is 0 Å². The fraction of sp³-hybridized carbons (Fsp3) is 0.702. The molecule has 0 aliphatic heterocycles. The standard InChI is InChI=1S/C47H82NO8P/c1-3-5-7-9-11-13-15-17-19-20-21-22-23-24-26-27-29-31-33-35-37-39-46(49)53-43-45(44-55-57(51,52)54-42-41-48)56-47(50)40-38-36-34-32-30-28-25-18-16-14-12-10-8-6-4-2/h6,8,12,14-15,17-18,20-21,25,30,32,45H,3-5,7,9-11,13,16,19,22-24,26-29,31,33-44,48H2,1-2H3,(H,51,52)/b8-6-,14-12-,17-15-,21-20-,25-18-,32-30-. The van der Waals surface area contributed by atoms with Crippen molar-refractivity contribution in [2.75, 3.05) is 26.4 Å². The number of rotatable bonds is 41. The maximum absolute atomic E-state index is 12.6. The van der Waals surface area contributed by atoms with Gasteiger partial charge in [-0.05, 0) is 83.5 Å². The average molecular weight is 820 g/mol. The molecule has 0 aromatic rings. The highest BCUT2D eigenvalue weighted by Crippen LogP contribution is 2.43. The fourth-order valence-electron chi connectivity index (χ4n) is 5.77. The predicted octanol–water partition coefficient (Wildman–Crippen LogP) is 13.1. The minimum absolute atomic E-state index is 0.0425. The highest BCUT2D eigenvalue weighted by Gasteiger charge is 2.26. The Kier molecular flexibility index (Phi) is 41.1. The molecule has 0 aliphatic carbocycles. The molecule has 57 heavy (non-hydrogen) atoms. The van der Waals surface area contributed by atoms with Crippen LogP contribution >= 0.6 is 7.82 Å². The van der Waals surface area contributed by atoms with Gasteiger partial charge in [0.1, 0.15) is 6.61 Å². The first-order chi connectivity index (χ1) is 27.8. The molecule has 2 unspecified atom stereocenters. The molecule has 0 heterocycles. The summed E-state index contributed by atoms with van der Waals surface area (Å²) in [5.41, 5.74) is 5.35. The molecule has 0 fully saturated rings. The third-order valence-corrected chi connectivity index (χ3v) is 10.1. The minimum Gasteiger partial charge on any atom is -0.462 e. The zero-order valence-corrected chi connectivity index (χ0v) is 36.9. The predicted molar refractivity (Wildman–Crippen MR) is 238 cm³/mol. The second kappa shape index (κ2) is 43.0. The summed E-state index contributed by atoms with van der Waals surface area (Å²) < 4.78 is 32.7. The van der Waals surface area contributed by atoms with Gasteiger partial charge in [-0.1, -0.05) is 157 Å². The lowest BCUT2D eigenvalue weighted by Crippen LogP contribution is -2.29. The van der Waals surface area contributed by atoms with Gasteiger partial charge in [-0.2, -0.15) is 0 Å². The summed E-state index contributed by atoms with van der Waals surface area (Å²) in [5.74, 6) is -0.886. The minimum atomic E-state index is -4.39. The van der Waals surface area contributed by atoms with Crippen LogP contribution in [0.25, 0.3) is 0 Å². The van der Waals surface area contributed by atoms with Crippen LogP contribution in [-0.4, -0.2) is 49.3 Å². The molecule has 0 rings (SSSR count). The van der Waals surface area contributed by atoms with Crippen molar-refractivity contribution in [3.63, 3.8) is 0 Å². The van der Waals surface area contributed by atoms with Gasteiger partial charge in [-0.3, -0.25) is 18.6 Å². The molecule has 0 aliphatic rings. The summed E-state index contributed by atoms with van der Waals surface area (Å²) in [6.07, 6.45) is 52.2. The lowest BCUT2D eigenvalue weighted by atomic mass is 10.1. The quantitative estimate of drug-likeness (QED) is 0.0267. The highest BCUT2D eigenvalue weighted by molar-refractivity contribution is 7.47. The van der Waals surface area contributed by atoms with Crippen molar-refractivity contribution in [1.82, 2.24) is 0 Å². The van der Waals surface area contributed by atoms with Gasteiger partial charge in [0.2, 0.25) is 0 Å². The van der Waals surface area contributed by atoms with Crippen LogP contribution in [-0.2, 0) is 32.7 Å². The van der Waals surface area contributed by atoms with Gasteiger partial charge in [-0.25, -0.2) is 4.57 Å². The number of ether oxygens (including phenoxy) is 2. The highest BCUT2D eigenvalue weighted by atomic mass is 31.2. The van der Waals surface area contributed by atoms with Crippen LogP contribution in [0.4, 0.5) is 0 Å². The van der Waals surface area contributed by atoms with Crippen molar-refractivity contribution in [2.24, 2.45) is 5.73 Å². The van der Waals surface area contributed by atoms with Crippen molar-refractivity contribution in [2.45, 2.75) is 187 Å². The lowest BCUT2D eigenvalue weighted by Gasteiger charge is -2.19. The normalized spacial score (nSPS) is 14.0. The van der Waals surface area contributed by atoms with Crippen LogP contribution in [0, 0.1) is 0 Å². The van der Waals surface area contributed by atoms with Gasteiger partial charge in [0, 0.05) is 19.4 Å². The summed E-state index contributed by atoms with van der Waals surface area (Å²) in [6.45, 7) is 3.54. The zero-order chi connectivity index (χ0) is 41.8. The fourth-order valence-corrected chi connectivity index (χ4v) is 6.54. The van der Waals surface area contributed by atoms with E-state index in [1.54, 1.807) is 0 Å². The van der Waals surface area contributed by atoms with Crippen molar-refractivity contribution in [3.8, 4) is 0 Å². The number of carbonyl (C=O) groups is 2. The Morgan fingerprint density at radius 1 is 0.544 bits per heavy atom. The first-order valence-electron chi connectivity index (χ1n) is 22.4. The summed E-state index contributed by atoms with van der Waals surface area (Å²) in [7, 11) is -4.39. The van der Waals surface area contributed by atoms with Crippen molar-refractivity contribution in [3.05, 3.63) is 72.9 Å². The third-order valence-electron chi connectivity index (χ3n) is 9.08. The number of phosphoric ester groups is 1. The van der Waals surface area contributed by atoms with E-state index < -0.39 is 32.5 Å². The topological polar surface area (TPSA) is 134 Å². The van der Waals surface area contributed by atoms with E-state index in [0.29, 0.717) is 6.42 Å². The molecule has 0 saturated heterocycles. The van der Waals surface area contributed by atoms with E-state index in [1.165, 1.54) is 70.6 Å². The first-order valence-corrected chi connectivity index (χ1v) is 23.9. The molecule has 0 spiro atoms. The molecule has 0 radical (unpaired) electrons. The molecule has 10 heteroatoms. The van der Waals surface area contributed by atoms with Crippen LogP contribution in [0.2, 0.25) is 0 Å². The van der Waals surface area contributed by atoms with Crippen LogP contribution in [0.3, 0.4) is 0 Å². The number of carbonyl (C=O) groups excluding carboxylic acids is 2. The Morgan fingerprint density at radius 3 is 1.47 bits per heavy atom. The first kappa shape index (κ1) is 54.5. The summed E-state index contributed by atoms with van der Waals surface area (Å²) in [5, 5.41) is 0. The van der Waals surface area contributed by atoms with E-state index in [2.05, 4.69) is 86.8 Å². The van der Waals surface area contributed by atoms with Crippen molar-refractivity contribution in [1.29, 1.82) is 0 Å². The van der Waals surface area contributed by atoms with Gasteiger partial charge >= 0.3 is 19.8 Å². The van der Waals surface area contributed by atoms with Crippen LogP contribution in [0.15, 0.2) is 72.9 Å². The number of esters is 2. The molecule has 3 N–H and O–H groups in total. The number of phosphoric acid groups is 1. The van der Waals surface area contributed by atoms with Gasteiger partial charge in [0.15, 0.2) is 6.10 Å². The number of unbranched alkanes of at least 4 members (excludes halogenated alkanes) is 16. The van der Waals surface area contributed by atoms with E-state index in [0.717, 1.165) is 77.0 Å². The zero-order valence-electron chi connectivity index (χ0n) is 36.0. The average Bonchev–Trinajstić information content (AvgIpc) is 3.20. The molecule has 0 aromatic carbocycles. The maximum atomic E-state index is 12.6. The van der Waals surface area contributed by atoms with E-state index in [4.69, 9.17) is 24.3 Å². The monoisotopic (exact) mass is 820 g/mol. The Balaban J connectivity index is 4.17. The Bertz CT molecular complexity index is 1160. The molecule has 328 valence electrons. The van der Waals surface area contributed by atoms with Gasteiger partial charge in [-0.15, -0.1) is 0 Å². The van der Waals surface area contributed by atoms with Crippen molar-refractivity contribution >= 4 is 19.8 Å². The van der Waals surface area contributed by atoms with Crippen molar-refractivity contribution < 1.29 is 37.6 Å². The number of allylic oxidation sites excluding steroid dienone is 12. The molecule has 0 bridgehead atoms. The van der Waals surface area contributed by atoms with Gasteiger partial charge < -0.3 is 20.1 Å². The van der Waals surface area contributed by atoms with Crippen LogP contribution in [0.5, 0.6) is 0 Å². The Morgan fingerprint density at radius 2 is 0.965 bits per heavy atom.